The number of aryl methyl sites for hydroxylation is 1. The first kappa shape index (κ1) is 16.0. The number of furan rings is 1. The second-order valence-corrected chi connectivity index (χ2v) is 6.82. The van der Waals surface area contributed by atoms with Crippen LogP contribution in [0.4, 0.5) is 4.39 Å². The van der Waals surface area contributed by atoms with Gasteiger partial charge in [-0.15, -0.1) is 10.2 Å². The summed E-state index contributed by atoms with van der Waals surface area (Å²) < 4.78 is 21.6. The van der Waals surface area contributed by atoms with E-state index in [1.165, 1.54) is 6.07 Å². The fraction of sp³-hybridized carbons (Fsp3) is 0.250. The van der Waals surface area contributed by atoms with Crippen molar-refractivity contribution < 1.29 is 13.6 Å². The molecule has 0 aliphatic carbocycles. The minimum Gasteiger partial charge on any atom is -0.448 e. The van der Waals surface area contributed by atoms with Crippen molar-refractivity contribution in [2.24, 2.45) is 0 Å². The maximum absolute atomic E-state index is 14.1. The zero-order valence-electron chi connectivity index (χ0n) is 14.7. The highest BCUT2D eigenvalue weighted by Gasteiger charge is 2.36. The third-order valence-corrected chi connectivity index (χ3v) is 5.26. The number of rotatable bonds is 2. The van der Waals surface area contributed by atoms with Gasteiger partial charge in [-0.05, 0) is 38.0 Å². The Morgan fingerprint density at radius 3 is 2.96 bits per heavy atom. The number of pyridine rings is 1. The molecule has 1 unspecified atom stereocenters. The highest BCUT2D eigenvalue weighted by atomic mass is 19.1. The van der Waals surface area contributed by atoms with Gasteiger partial charge < -0.3 is 9.32 Å². The molecular formula is C20H17FN4O2. The molecule has 3 aromatic heterocycles. The Labute approximate surface area is 154 Å². The van der Waals surface area contributed by atoms with Gasteiger partial charge in [-0.1, -0.05) is 18.2 Å². The highest BCUT2D eigenvalue weighted by Crippen LogP contribution is 2.35. The minimum absolute atomic E-state index is 0.127. The van der Waals surface area contributed by atoms with E-state index in [1.807, 2.05) is 28.8 Å². The summed E-state index contributed by atoms with van der Waals surface area (Å²) in [5, 5.41) is 9.13. The Bertz CT molecular complexity index is 1180. The summed E-state index contributed by atoms with van der Waals surface area (Å²) in [6.07, 6.45) is 3.56. The summed E-state index contributed by atoms with van der Waals surface area (Å²) in [6.45, 7) is 2.39. The van der Waals surface area contributed by atoms with Crippen molar-refractivity contribution in [2.75, 3.05) is 6.54 Å². The van der Waals surface area contributed by atoms with Crippen LogP contribution in [0.5, 0.6) is 0 Å². The van der Waals surface area contributed by atoms with Crippen molar-refractivity contribution in [2.45, 2.75) is 25.8 Å². The summed E-state index contributed by atoms with van der Waals surface area (Å²) in [7, 11) is 0. The first-order valence-corrected chi connectivity index (χ1v) is 8.93. The molecule has 6 nitrogen and oxygen atoms in total. The number of fused-ring (bicyclic) bond motifs is 2. The molecule has 1 aromatic carbocycles. The van der Waals surface area contributed by atoms with Crippen LogP contribution < -0.4 is 0 Å². The van der Waals surface area contributed by atoms with Gasteiger partial charge in [0.1, 0.15) is 0 Å². The molecule has 7 heteroatoms. The average Bonchev–Trinajstić information content (AvgIpc) is 3.39. The van der Waals surface area contributed by atoms with Gasteiger partial charge in [0.2, 0.25) is 0 Å². The van der Waals surface area contributed by atoms with Gasteiger partial charge in [0.15, 0.2) is 28.6 Å². The number of likely N-dealkylation sites (tertiary alicyclic amines) is 1. The number of nitrogens with zero attached hydrogens (tertiary/aromatic N) is 4. The minimum atomic E-state index is -0.462. The summed E-state index contributed by atoms with van der Waals surface area (Å²) >= 11 is 0. The average molecular weight is 364 g/mol. The number of halogens is 1. The first-order valence-electron chi connectivity index (χ1n) is 8.93. The smallest absolute Gasteiger partial charge is 0.290 e. The van der Waals surface area contributed by atoms with Crippen LogP contribution in [-0.2, 0) is 0 Å². The van der Waals surface area contributed by atoms with E-state index in [0.29, 0.717) is 17.5 Å². The van der Waals surface area contributed by atoms with E-state index < -0.39 is 5.82 Å². The molecule has 0 radical (unpaired) electrons. The van der Waals surface area contributed by atoms with Gasteiger partial charge in [0.25, 0.3) is 5.91 Å². The third-order valence-electron chi connectivity index (χ3n) is 5.26. The van der Waals surface area contributed by atoms with E-state index in [4.69, 9.17) is 4.42 Å². The molecule has 136 valence electrons. The molecule has 1 fully saturated rings. The molecule has 4 aromatic rings. The van der Waals surface area contributed by atoms with E-state index in [1.54, 1.807) is 24.0 Å². The van der Waals surface area contributed by atoms with Gasteiger partial charge in [0.05, 0.1) is 6.04 Å². The maximum atomic E-state index is 14.1. The Hall–Kier alpha value is -3.22. The first-order chi connectivity index (χ1) is 13.1. The van der Waals surface area contributed by atoms with Crippen molar-refractivity contribution in [3.8, 4) is 0 Å². The fourth-order valence-electron chi connectivity index (χ4n) is 3.91. The number of para-hydroxylation sites is 1. The van der Waals surface area contributed by atoms with Gasteiger partial charge in [-0.2, -0.15) is 0 Å². The lowest BCUT2D eigenvalue weighted by molar-refractivity contribution is 0.0698. The second-order valence-electron chi connectivity index (χ2n) is 6.82. The number of carbonyl (C=O) groups is 1. The molecule has 1 aliphatic rings. The van der Waals surface area contributed by atoms with Crippen LogP contribution in [0.15, 0.2) is 47.0 Å². The Kier molecular flexibility index (Phi) is 3.50. The molecule has 1 aliphatic heterocycles. The van der Waals surface area contributed by atoms with Crippen LogP contribution in [0.3, 0.4) is 0 Å². The molecule has 1 amide bonds. The zero-order valence-corrected chi connectivity index (χ0v) is 14.7. The molecule has 0 saturated carbocycles. The summed E-state index contributed by atoms with van der Waals surface area (Å²) in [5.41, 5.74) is 1.53. The van der Waals surface area contributed by atoms with Crippen LogP contribution >= 0.6 is 0 Å². The number of hydrogen-bond donors (Lipinski definition) is 0. The van der Waals surface area contributed by atoms with Crippen LogP contribution in [0.1, 0.15) is 40.8 Å². The van der Waals surface area contributed by atoms with Crippen LogP contribution in [-0.4, -0.2) is 31.9 Å². The van der Waals surface area contributed by atoms with E-state index in [0.717, 1.165) is 24.3 Å². The van der Waals surface area contributed by atoms with Crippen LogP contribution in [0, 0.1) is 12.7 Å². The Morgan fingerprint density at radius 2 is 2.11 bits per heavy atom. The van der Waals surface area contributed by atoms with Crippen molar-refractivity contribution in [3.63, 3.8) is 0 Å². The van der Waals surface area contributed by atoms with E-state index in [-0.39, 0.29) is 23.3 Å². The number of carbonyl (C=O) groups excluding carboxylic acids is 1. The quantitative estimate of drug-likeness (QED) is 0.541. The molecular weight excluding hydrogens is 347 g/mol. The van der Waals surface area contributed by atoms with Gasteiger partial charge in [0, 0.05) is 23.7 Å². The summed E-state index contributed by atoms with van der Waals surface area (Å²) in [5.74, 6) is 0.224. The largest absolute Gasteiger partial charge is 0.448 e. The van der Waals surface area contributed by atoms with E-state index in [9.17, 15) is 9.18 Å². The van der Waals surface area contributed by atoms with Crippen molar-refractivity contribution >= 4 is 22.5 Å². The normalized spacial score (nSPS) is 17.3. The topological polar surface area (TPSA) is 63.6 Å². The maximum Gasteiger partial charge on any atom is 0.290 e. The molecule has 0 N–H and O–H groups in total. The summed E-state index contributed by atoms with van der Waals surface area (Å²) in [4.78, 5) is 15.0. The molecule has 0 bridgehead atoms. The molecule has 27 heavy (non-hydrogen) atoms. The number of benzene rings is 1. The highest BCUT2D eigenvalue weighted by molar-refractivity contribution is 5.99. The lowest BCUT2D eigenvalue weighted by Crippen LogP contribution is -2.31. The van der Waals surface area contributed by atoms with E-state index >= 15 is 0 Å². The van der Waals surface area contributed by atoms with Gasteiger partial charge in [-0.3, -0.25) is 9.20 Å². The molecule has 1 atom stereocenters. The predicted octanol–water partition coefficient (Wildman–Crippen LogP) is 3.90. The van der Waals surface area contributed by atoms with Gasteiger partial charge >= 0.3 is 0 Å². The zero-order chi connectivity index (χ0) is 18.5. The van der Waals surface area contributed by atoms with Gasteiger partial charge in [-0.25, -0.2) is 4.39 Å². The van der Waals surface area contributed by atoms with Crippen LogP contribution in [0.25, 0.3) is 16.6 Å². The van der Waals surface area contributed by atoms with E-state index in [2.05, 4.69) is 10.2 Å². The second kappa shape index (κ2) is 5.90. The van der Waals surface area contributed by atoms with Crippen molar-refractivity contribution in [1.29, 1.82) is 0 Å². The van der Waals surface area contributed by atoms with Crippen LogP contribution in [0.2, 0.25) is 0 Å². The molecule has 5 rings (SSSR count). The van der Waals surface area contributed by atoms with Crippen molar-refractivity contribution in [3.05, 3.63) is 65.6 Å². The third kappa shape index (κ3) is 2.34. The molecule has 0 spiro atoms. The molecule has 1 saturated heterocycles. The SMILES string of the molecule is Cc1c(C(=O)N2CCCC2c2nnc3ccccn23)oc2c(F)cccc12. The Morgan fingerprint density at radius 1 is 1.22 bits per heavy atom. The number of hydrogen-bond acceptors (Lipinski definition) is 4. The standard InChI is InChI=1S/C20H17FN4O2/c1-12-13-6-4-7-14(21)18(13)27-17(12)20(26)24-11-5-8-15(24)19-23-22-16-9-2-3-10-25(16)19/h2-4,6-7,9-10,15H,5,8,11H2,1H3. The monoisotopic (exact) mass is 364 g/mol. The lowest BCUT2D eigenvalue weighted by Gasteiger charge is -2.22. The molecule has 4 heterocycles. The fourth-order valence-corrected chi connectivity index (χ4v) is 3.91. The number of aromatic nitrogens is 3. The summed E-state index contributed by atoms with van der Waals surface area (Å²) in [6, 6.07) is 10.2. The lowest BCUT2D eigenvalue weighted by atomic mass is 10.1. The Balaban J connectivity index is 1.57. The number of amides is 1. The predicted molar refractivity (Wildman–Crippen MR) is 96.9 cm³/mol. The van der Waals surface area contributed by atoms with Crippen molar-refractivity contribution in [1.82, 2.24) is 19.5 Å².